The van der Waals surface area contributed by atoms with E-state index in [0.717, 1.165) is 32.6 Å². The number of rotatable bonds is 7. The number of amides is 1. The molecule has 0 unspecified atom stereocenters. The summed E-state index contributed by atoms with van der Waals surface area (Å²) in [6.07, 6.45) is 1.32. The van der Waals surface area contributed by atoms with Gasteiger partial charge in [0, 0.05) is 39.1 Å². The maximum Gasteiger partial charge on any atom is 0.220 e. The summed E-state index contributed by atoms with van der Waals surface area (Å²) in [5, 5.41) is 3.18. The van der Waals surface area contributed by atoms with Crippen LogP contribution >= 0.6 is 0 Å². The quantitative estimate of drug-likeness (QED) is 0.819. The standard InChI is InChI=1S/C23H31N3O/c1-19-8-11-21(12-9-19)22(26-16-14-25(2)15-17-26)18-24-23(27)13-10-20-6-4-3-5-7-20/h3-9,11-12,22H,10,13-18H2,1-2H3,(H,24,27)/t22-/m1/s1. The van der Waals surface area contributed by atoms with E-state index in [-0.39, 0.29) is 11.9 Å². The highest BCUT2D eigenvalue weighted by atomic mass is 16.1. The molecule has 1 N–H and O–H groups in total. The Kier molecular flexibility index (Phi) is 7.02. The lowest BCUT2D eigenvalue weighted by Gasteiger charge is -2.38. The van der Waals surface area contributed by atoms with Crippen molar-refractivity contribution in [2.75, 3.05) is 39.8 Å². The number of piperazine rings is 1. The van der Waals surface area contributed by atoms with E-state index < -0.39 is 0 Å². The Balaban J connectivity index is 1.59. The van der Waals surface area contributed by atoms with Gasteiger partial charge in [0.05, 0.1) is 6.04 Å². The van der Waals surface area contributed by atoms with Crippen LogP contribution in [0.3, 0.4) is 0 Å². The number of hydrogen-bond acceptors (Lipinski definition) is 3. The minimum absolute atomic E-state index is 0.130. The van der Waals surface area contributed by atoms with E-state index in [9.17, 15) is 4.79 Å². The summed E-state index contributed by atoms with van der Waals surface area (Å²) in [6, 6.07) is 19.2. The van der Waals surface area contributed by atoms with E-state index in [1.54, 1.807) is 0 Å². The molecule has 3 rings (SSSR count). The predicted octanol–water partition coefficient (Wildman–Crippen LogP) is 3.03. The molecule has 2 aromatic rings. The fraction of sp³-hybridized carbons (Fsp3) is 0.435. The first kappa shape index (κ1) is 19.6. The van der Waals surface area contributed by atoms with Crippen molar-refractivity contribution in [2.24, 2.45) is 0 Å². The number of benzene rings is 2. The minimum atomic E-state index is 0.130. The molecular weight excluding hydrogens is 334 g/mol. The summed E-state index contributed by atoms with van der Waals surface area (Å²) in [4.78, 5) is 17.3. The smallest absolute Gasteiger partial charge is 0.220 e. The molecule has 4 nitrogen and oxygen atoms in total. The van der Waals surface area contributed by atoms with Crippen molar-refractivity contribution in [1.29, 1.82) is 0 Å². The molecular formula is C23H31N3O. The first-order chi connectivity index (χ1) is 13.1. The number of hydrogen-bond donors (Lipinski definition) is 1. The van der Waals surface area contributed by atoms with Crippen molar-refractivity contribution >= 4 is 5.91 Å². The van der Waals surface area contributed by atoms with E-state index in [4.69, 9.17) is 0 Å². The van der Waals surface area contributed by atoms with Gasteiger partial charge in [0.2, 0.25) is 5.91 Å². The van der Waals surface area contributed by atoms with Crippen molar-refractivity contribution in [2.45, 2.75) is 25.8 Å². The second-order valence-corrected chi connectivity index (χ2v) is 7.56. The molecule has 144 valence electrons. The molecule has 4 heteroatoms. The first-order valence-electron chi connectivity index (χ1n) is 9.91. The number of nitrogens with one attached hydrogen (secondary N) is 1. The molecule has 0 aromatic heterocycles. The molecule has 1 saturated heterocycles. The van der Waals surface area contributed by atoms with Gasteiger partial charge < -0.3 is 10.2 Å². The molecule has 0 spiro atoms. The number of nitrogens with zero attached hydrogens (tertiary/aromatic N) is 2. The molecule has 27 heavy (non-hydrogen) atoms. The highest BCUT2D eigenvalue weighted by molar-refractivity contribution is 5.76. The van der Waals surface area contributed by atoms with Crippen LogP contribution in [0.5, 0.6) is 0 Å². The van der Waals surface area contributed by atoms with E-state index in [0.29, 0.717) is 13.0 Å². The van der Waals surface area contributed by atoms with Gasteiger partial charge in [-0.3, -0.25) is 9.69 Å². The summed E-state index contributed by atoms with van der Waals surface area (Å²) in [7, 11) is 2.17. The molecule has 1 aliphatic heterocycles. The van der Waals surface area contributed by atoms with Crippen molar-refractivity contribution in [1.82, 2.24) is 15.1 Å². The van der Waals surface area contributed by atoms with Gasteiger partial charge in [-0.05, 0) is 31.5 Å². The first-order valence-corrected chi connectivity index (χ1v) is 9.91. The summed E-state index contributed by atoms with van der Waals surface area (Å²) >= 11 is 0. The lowest BCUT2D eigenvalue weighted by atomic mass is 10.0. The normalized spacial score (nSPS) is 16.8. The minimum Gasteiger partial charge on any atom is -0.354 e. The van der Waals surface area contributed by atoms with Crippen LogP contribution in [0.25, 0.3) is 0 Å². The number of likely N-dealkylation sites (N-methyl/N-ethyl adjacent to an activating group) is 1. The summed E-state index contributed by atoms with van der Waals surface area (Å²) in [5.41, 5.74) is 3.76. The van der Waals surface area contributed by atoms with Crippen LogP contribution in [0.1, 0.15) is 29.2 Å². The van der Waals surface area contributed by atoms with E-state index in [1.807, 2.05) is 18.2 Å². The predicted molar refractivity (Wildman–Crippen MR) is 111 cm³/mol. The van der Waals surface area contributed by atoms with E-state index >= 15 is 0 Å². The molecule has 0 radical (unpaired) electrons. The second kappa shape index (κ2) is 9.67. The zero-order valence-corrected chi connectivity index (χ0v) is 16.5. The topological polar surface area (TPSA) is 35.6 Å². The van der Waals surface area contributed by atoms with Gasteiger partial charge in [-0.25, -0.2) is 0 Å². The Hall–Kier alpha value is -2.17. The van der Waals surface area contributed by atoms with Crippen molar-refractivity contribution in [3.8, 4) is 0 Å². The molecule has 2 aromatic carbocycles. The maximum absolute atomic E-state index is 12.4. The van der Waals surface area contributed by atoms with Crippen LogP contribution in [0.15, 0.2) is 54.6 Å². The number of carbonyl (C=O) groups excluding carboxylic acids is 1. The fourth-order valence-corrected chi connectivity index (χ4v) is 3.58. The third kappa shape index (κ3) is 5.91. The highest BCUT2D eigenvalue weighted by Gasteiger charge is 2.24. The van der Waals surface area contributed by atoms with Crippen molar-refractivity contribution < 1.29 is 4.79 Å². The zero-order valence-electron chi connectivity index (χ0n) is 16.5. The van der Waals surface area contributed by atoms with Gasteiger partial charge in [-0.15, -0.1) is 0 Å². The van der Waals surface area contributed by atoms with Crippen LogP contribution in [0.4, 0.5) is 0 Å². The largest absolute Gasteiger partial charge is 0.354 e. The molecule has 1 fully saturated rings. The summed E-state index contributed by atoms with van der Waals surface area (Å²) in [5.74, 6) is 0.130. The number of carbonyl (C=O) groups is 1. The molecule has 0 bridgehead atoms. The van der Waals surface area contributed by atoms with Gasteiger partial charge in [0.1, 0.15) is 0 Å². The zero-order chi connectivity index (χ0) is 19.1. The fourth-order valence-electron chi connectivity index (χ4n) is 3.58. The summed E-state index contributed by atoms with van der Waals surface area (Å²) in [6.45, 7) is 7.00. The molecule has 0 saturated carbocycles. The average Bonchev–Trinajstić information content (AvgIpc) is 2.70. The molecule has 1 aliphatic rings. The highest BCUT2D eigenvalue weighted by Crippen LogP contribution is 2.22. The number of aryl methyl sites for hydroxylation is 2. The molecule has 0 aliphatic carbocycles. The maximum atomic E-state index is 12.4. The van der Waals surface area contributed by atoms with Gasteiger partial charge in [0.25, 0.3) is 0 Å². The average molecular weight is 366 g/mol. The second-order valence-electron chi connectivity index (χ2n) is 7.56. The third-order valence-electron chi connectivity index (χ3n) is 5.42. The third-order valence-corrected chi connectivity index (χ3v) is 5.42. The Labute approximate surface area is 163 Å². The van der Waals surface area contributed by atoms with Crippen LogP contribution in [-0.2, 0) is 11.2 Å². The Bertz CT molecular complexity index is 706. The van der Waals surface area contributed by atoms with Gasteiger partial charge >= 0.3 is 0 Å². The van der Waals surface area contributed by atoms with Gasteiger partial charge in [-0.2, -0.15) is 0 Å². The Morgan fingerprint density at radius 3 is 2.33 bits per heavy atom. The van der Waals surface area contributed by atoms with E-state index in [2.05, 4.69) is 65.5 Å². The molecule has 1 amide bonds. The van der Waals surface area contributed by atoms with Crippen LogP contribution < -0.4 is 5.32 Å². The SMILES string of the molecule is Cc1ccc([C@@H](CNC(=O)CCc2ccccc2)N2CCN(C)CC2)cc1. The van der Waals surface area contributed by atoms with Crippen LogP contribution in [-0.4, -0.2) is 55.5 Å². The van der Waals surface area contributed by atoms with Gasteiger partial charge in [0.15, 0.2) is 0 Å². The van der Waals surface area contributed by atoms with Crippen LogP contribution in [0, 0.1) is 6.92 Å². The van der Waals surface area contributed by atoms with Crippen LogP contribution in [0.2, 0.25) is 0 Å². The lowest BCUT2D eigenvalue weighted by molar-refractivity contribution is -0.121. The van der Waals surface area contributed by atoms with Crippen molar-refractivity contribution in [3.05, 3.63) is 71.3 Å². The molecule has 1 atom stereocenters. The van der Waals surface area contributed by atoms with E-state index in [1.165, 1.54) is 16.7 Å². The summed E-state index contributed by atoms with van der Waals surface area (Å²) < 4.78 is 0. The Morgan fingerprint density at radius 1 is 1.00 bits per heavy atom. The molecule has 1 heterocycles. The van der Waals surface area contributed by atoms with Gasteiger partial charge in [-0.1, -0.05) is 60.2 Å². The Morgan fingerprint density at radius 2 is 1.67 bits per heavy atom. The monoisotopic (exact) mass is 365 g/mol. The lowest BCUT2D eigenvalue weighted by Crippen LogP contribution is -2.48. The van der Waals surface area contributed by atoms with Crippen molar-refractivity contribution in [3.63, 3.8) is 0 Å².